The lowest BCUT2D eigenvalue weighted by Crippen LogP contribution is -2.02. The molecule has 2 aromatic heterocycles. The molecular formula is C13H16N4. The average molecular weight is 228 g/mol. The summed E-state index contributed by atoms with van der Waals surface area (Å²) >= 11 is 0. The van der Waals surface area contributed by atoms with Gasteiger partial charge in [0.05, 0.1) is 0 Å². The van der Waals surface area contributed by atoms with E-state index >= 15 is 0 Å². The molecule has 0 saturated heterocycles. The van der Waals surface area contributed by atoms with Crippen molar-refractivity contribution >= 4 is 11.5 Å². The standard InChI is InChI=1S/C13H16N4/c1-10-8-15-5-3-11(10)9-17-12-4-6-16-13(7-12)14-2/h3-8H,9H2,1-2H3,(H2,14,16,17). The summed E-state index contributed by atoms with van der Waals surface area (Å²) in [6.07, 6.45) is 5.48. The maximum atomic E-state index is 4.17. The number of rotatable bonds is 4. The number of nitrogens with one attached hydrogen (secondary N) is 2. The molecule has 0 atom stereocenters. The first-order valence-electron chi connectivity index (χ1n) is 5.57. The van der Waals surface area contributed by atoms with Crippen LogP contribution in [0, 0.1) is 6.92 Å². The quantitative estimate of drug-likeness (QED) is 0.844. The SMILES string of the molecule is CNc1cc(NCc2ccncc2C)ccn1. The molecule has 0 bridgehead atoms. The molecule has 0 spiro atoms. The van der Waals surface area contributed by atoms with Crippen LogP contribution in [-0.2, 0) is 6.54 Å². The van der Waals surface area contributed by atoms with Gasteiger partial charge < -0.3 is 10.6 Å². The molecule has 0 fully saturated rings. The van der Waals surface area contributed by atoms with Gasteiger partial charge in [-0.3, -0.25) is 4.98 Å². The highest BCUT2D eigenvalue weighted by Crippen LogP contribution is 2.13. The van der Waals surface area contributed by atoms with Crippen LogP contribution in [0.3, 0.4) is 0 Å². The second-order valence-electron chi connectivity index (χ2n) is 3.84. The number of anilines is 2. The minimum Gasteiger partial charge on any atom is -0.381 e. The Morgan fingerprint density at radius 3 is 2.88 bits per heavy atom. The molecule has 4 heteroatoms. The molecule has 4 nitrogen and oxygen atoms in total. The highest BCUT2D eigenvalue weighted by molar-refractivity contribution is 5.51. The van der Waals surface area contributed by atoms with Gasteiger partial charge in [0.1, 0.15) is 5.82 Å². The van der Waals surface area contributed by atoms with Crippen LogP contribution >= 0.6 is 0 Å². The van der Waals surface area contributed by atoms with E-state index in [1.807, 2.05) is 37.6 Å². The Hall–Kier alpha value is -2.10. The maximum Gasteiger partial charge on any atom is 0.127 e. The molecular weight excluding hydrogens is 212 g/mol. The Bertz CT molecular complexity index is 496. The molecule has 0 unspecified atom stereocenters. The number of aryl methyl sites for hydroxylation is 1. The van der Waals surface area contributed by atoms with Crippen LogP contribution in [0.2, 0.25) is 0 Å². The fourth-order valence-corrected chi connectivity index (χ4v) is 1.58. The third-order valence-electron chi connectivity index (χ3n) is 2.64. The zero-order valence-corrected chi connectivity index (χ0v) is 10.1. The molecule has 0 saturated carbocycles. The van der Waals surface area contributed by atoms with E-state index in [9.17, 15) is 0 Å². The van der Waals surface area contributed by atoms with Crippen molar-refractivity contribution < 1.29 is 0 Å². The Balaban J connectivity index is 2.05. The van der Waals surface area contributed by atoms with E-state index in [1.54, 1.807) is 6.20 Å². The van der Waals surface area contributed by atoms with E-state index in [0.717, 1.165) is 18.1 Å². The first-order chi connectivity index (χ1) is 8.29. The molecule has 17 heavy (non-hydrogen) atoms. The lowest BCUT2D eigenvalue weighted by Gasteiger charge is -2.09. The summed E-state index contributed by atoms with van der Waals surface area (Å²) in [5.74, 6) is 0.862. The molecule has 2 N–H and O–H groups in total. The molecule has 0 aromatic carbocycles. The van der Waals surface area contributed by atoms with Crippen LogP contribution in [0.15, 0.2) is 36.8 Å². The molecule has 2 heterocycles. The molecule has 2 rings (SSSR count). The number of nitrogens with zero attached hydrogens (tertiary/aromatic N) is 2. The Morgan fingerprint density at radius 2 is 2.12 bits per heavy atom. The van der Waals surface area contributed by atoms with E-state index in [0.29, 0.717) is 0 Å². The van der Waals surface area contributed by atoms with Crippen LogP contribution in [-0.4, -0.2) is 17.0 Å². The van der Waals surface area contributed by atoms with Gasteiger partial charge in [-0.05, 0) is 30.2 Å². The Labute approximate surface area is 101 Å². The van der Waals surface area contributed by atoms with Gasteiger partial charge in [0.25, 0.3) is 0 Å². The first-order valence-corrected chi connectivity index (χ1v) is 5.57. The Morgan fingerprint density at radius 1 is 1.24 bits per heavy atom. The zero-order chi connectivity index (χ0) is 12.1. The normalized spacial score (nSPS) is 10.0. The van der Waals surface area contributed by atoms with Crippen molar-refractivity contribution in [2.24, 2.45) is 0 Å². The van der Waals surface area contributed by atoms with Crippen LogP contribution < -0.4 is 10.6 Å². The number of pyridine rings is 2. The second-order valence-corrected chi connectivity index (χ2v) is 3.84. The molecule has 88 valence electrons. The highest BCUT2D eigenvalue weighted by Gasteiger charge is 1.98. The smallest absolute Gasteiger partial charge is 0.127 e. The van der Waals surface area contributed by atoms with Crippen LogP contribution in [0.1, 0.15) is 11.1 Å². The molecule has 0 aliphatic rings. The summed E-state index contributed by atoms with van der Waals surface area (Å²) < 4.78 is 0. The minimum absolute atomic E-state index is 0.793. The van der Waals surface area contributed by atoms with Gasteiger partial charge in [-0.15, -0.1) is 0 Å². The third kappa shape index (κ3) is 2.93. The van der Waals surface area contributed by atoms with Gasteiger partial charge >= 0.3 is 0 Å². The fourth-order valence-electron chi connectivity index (χ4n) is 1.58. The lowest BCUT2D eigenvalue weighted by molar-refractivity contribution is 1.09. The molecule has 0 aliphatic carbocycles. The summed E-state index contributed by atoms with van der Waals surface area (Å²) in [5.41, 5.74) is 3.51. The Kier molecular flexibility index (Phi) is 3.55. The first kappa shape index (κ1) is 11.4. The van der Waals surface area contributed by atoms with Crippen LogP contribution in [0.25, 0.3) is 0 Å². The topological polar surface area (TPSA) is 49.8 Å². The third-order valence-corrected chi connectivity index (χ3v) is 2.64. The van der Waals surface area contributed by atoms with E-state index < -0.39 is 0 Å². The van der Waals surface area contributed by atoms with Gasteiger partial charge in [-0.25, -0.2) is 4.98 Å². The van der Waals surface area contributed by atoms with E-state index in [4.69, 9.17) is 0 Å². The minimum atomic E-state index is 0.793. The number of hydrogen-bond acceptors (Lipinski definition) is 4. The van der Waals surface area contributed by atoms with Crippen molar-refractivity contribution in [2.45, 2.75) is 13.5 Å². The monoisotopic (exact) mass is 228 g/mol. The summed E-state index contributed by atoms with van der Waals surface area (Å²) in [6.45, 7) is 2.86. The second kappa shape index (κ2) is 5.30. The maximum absolute atomic E-state index is 4.17. The number of aromatic nitrogens is 2. The summed E-state index contributed by atoms with van der Waals surface area (Å²) in [5, 5.41) is 6.38. The van der Waals surface area contributed by atoms with Gasteiger partial charge in [0.15, 0.2) is 0 Å². The largest absolute Gasteiger partial charge is 0.381 e. The van der Waals surface area contributed by atoms with Crippen LogP contribution in [0.5, 0.6) is 0 Å². The summed E-state index contributed by atoms with van der Waals surface area (Å²) in [6, 6.07) is 5.97. The highest BCUT2D eigenvalue weighted by atomic mass is 15.0. The van der Waals surface area contributed by atoms with Gasteiger partial charge in [0, 0.05) is 43.9 Å². The predicted octanol–water partition coefficient (Wildman–Crippen LogP) is 2.44. The molecule has 0 amide bonds. The van der Waals surface area contributed by atoms with Gasteiger partial charge in [-0.2, -0.15) is 0 Å². The van der Waals surface area contributed by atoms with Crippen molar-refractivity contribution in [3.63, 3.8) is 0 Å². The van der Waals surface area contributed by atoms with Crippen molar-refractivity contribution in [2.75, 3.05) is 17.7 Å². The molecule has 0 radical (unpaired) electrons. The van der Waals surface area contributed by atoms with E-state index in [-0.39, 0.29) is 0 Å². The molecule has 2 aromatic rings. The van der Waals surface area contributed by atoms with Crippen molar-refractivity contribution in [1.82, 2.24) is 9.97 Å². The van der Waals surface area contributed by atoms with Crippen molar-refractivity contribution in [3.05, 3.63) is 47.9 Å². The average Bonchev–Trinajstić information content (AvgIpc) is 2.38. The molecule has 0 aliphatic heterocycles. The van der Waals surface area contributed by atoms with Crippen molar-refractivity contribution in [1.29, 1.82) is 0 Å². The van der Waals surface area contributed by atoms with Crippen LogP contribution in [0.4, 0.5) is 11.5 Å². The van der Waals surface area contributed by atoms with Crippen molar-refractivity contribution in [3.8, 4) is 0 Å². The van der Waals surface area contributed by atoms with E-state index in [2.05, 4.69) is 27.5 Å². The number of hydrogen-bond donors (Lipinski definition) is 2. The summed E-state index contributed by atoms with van der Waals surface area (Å²) in [4.78, 5) is 8.25. The van der Waals surface area contributed by atoms with E-state index in [1.165, 1.54) is 11.1 Å². The predicted molar refractivity (Wildman–Crippen MR) is 70.1 cm³/mol. The summed E-state index contributed by atoms with van der Waals surface area (Å²) in [7, 11) is 1.86. The fraction of sp³-hybridized carbons (Fsp3) is 0.231. The lowest BCUT2D eigenvalue weighted by atomic mass is 10.1. The zero-order valence-electron chi connectivity index (χ0n) is 10.1. The van der Waals surface area contributed by atoms with Gasteiger partial charge in [0.2, 0.25) is 0 Å². The van der Waals surface area contributed by atoms with Gasteiger partial charge in [-0.1, -0.05) is 0 Å².